The minimum atomic E-state index is -0.563. The number of nitrogens with zero attached hydrogens (tertiary/aromatic N) is 3. The fourth-order valence-corrected chi connectivity index (χ4v) is 4.02. The van der Waals surface area contributed by atoms with Gasteiger partial charge in [0.15, 0.2) is 5.82 Å². The number of pyridine rings is 1. The molecule has 3 aromatic rings. The topological polar surface area (TPSA) is 66.0 Å². The van der Waals surface area contributed by atoms with Gasteiger partial charge in [0.25, 0.3) is 0 Å². The molecule has 0 fully saturated rings. The fourth-order valence-electron chi connectivity index (χ4n) is 3.17. The summed E-state index contributed by atoms with van der Waals surface area (Å²) in [6.45, 7) is 5.23. The molecule has 1 aromatic carbocycles. The Morgan fingerprint density at radius 2 is 2.00 bits per heavy atom. The molecule has 28 heavy (non-hydrogen) atoms. The number of ether oxygens (including phenoxy) is 1. The highest BCUT2D eigenvalue weighted by molar-refractivity contribution is 7.99. The van der Waals surface area contributed by atoms with Crippen molar-refractivity contribution in [3.8, 4) is 0 Å². The molecular formula is C20H24F2N4OS. The number of hydrogen-bond donors (Lipinski definition) is 1. The smallest absolute Gasteiger partial charge is 0.151 e. The van der Waals surface area contributed by atoms with Crippen LogP contribution in [0.3, 0.4) is 0 Å². The van der Waals surface area contributed by atoms with Crippen LogP contribution in [-0.2, 0) is 17.7 Å². The SMILES string of the molecule is COCCc1nc2c(N)nc(C)c(C)c2n1CCCSc1ccc(F)cc1F. The fraction of sp³-hybridized carbons (Fsp3) is 0.400. The van der Waals surface area contributed by atoms with Crippen LogP contribution in [0, 0.1) is 25.5 Å². The molecule has 0 aliphatic rings. The van der Waals surface area contributed by atoms with Crippen LogP contribution in [0.5, 0.6) is 0 Å². The van der Waals surface area contributed by atoms with Crippen molar-refractivity contribution in [2.45, 2.75) is 38.1 Å². The normalized spacial score (nSPS) is 11.5. The zero-order valence-corrected chi connectivity index (χ0v) is 17.1. The number of halogens is 2. The molecular weight excluding hydrogens is 382 g/mol. The number of hydrogen-bond acceptors (Lipinski definition) is 5. The van der Waals surface area contributed by atoms with Gasteiger partial charge < -0.3 is 15.0 Å². The lowest BCUT2D eigenvalue weighted by molar-refractivity contribution is 0.199. The predicted octanol–water partition coefficient (Wildman–Crippen LogP) is 4.28. The molecule has 150 valence electrons. The van der Waals surface area contributed by atoms with Gasteiger partial charge in [-0.2, -0.15) is 0 Å². The van der Waals surface area contributed by atoms with Crippen LogP contribution in [0.1, 0.15) is 23.5 Å². The Labute approximate surface area is 167 Å². The summed E-state index contributed by atoms with van der Waals surface area (Å²) in [4.78, 5) is 9.54. The number of aryl methyl sites for hydroxylation is 3. The molecule has 5 nitrogen and oxygen atoms in total. The van der Waals surface area contributed by atoms with Crippen LogP contribution in [0.4, 0.5) is 14.6 Å². The average Bonchev–Trinajstić information content (AvgIpc) is 3.02. The highest BCUT2D eigenvalue weighted by Gasteiger charge is 2.17. The van der Waals surface area contributed by atoms with Crippen LogP contribution < -0.4 is 5.73 Å². The molecule has 2 heterocycles. The summed E-state index contributed by atoms with van der Waals surface area (Å²) in [7, 11) is 1.66. The van der Waals surface area contributed by atoms with Gasteiger partial charge in [0.2, 0.25) is 0 Å². The summed E-state index contributed by atoms with van der Waals surface area (Å²) in [6.07, 6.45) is 1.47. The van der Waals surface area contributed by atoms with Crippen molar-refractivity contribution >= 4 is 28.6 Å². The first kappa shape index (κ1) is 20.5. The molecule has 0 atom stereocenters. The number of rotatable bonds is 8. The van der Waals surface area contributed by atoms with E-state index in [9.17, 15) is 8.78 Å². The predicted molar refractivity (Wildman–Crippen MR) is 109 cm³/mol. The lowest BCUT2D eigenvalue weighted by atomic mass is 10.2. The van der Waals surface area contributed by atoms with Gasteiger partial charge in [-0.1, -0.05) is 0 Å². The van der Waals surface area contributed by atoms with Gasteiger partial charge in [-0.25, -0.2) is 18.7 Å². The number of imidazole rings is 1. The van der Waals surface area contributed by atoms with E-state index in [0.29, 0.717) is 35.0 Å². The number of benzene rings is 1. The second kappa shape index (κ2) is 8.87. The highest BCUT2D eigenvalue weighted by atomic mass is 32.2. The van der Waals surface area contributed by atoms with E-state index >= 15 is 0 Å². The molecule has 2 aromatic heterocycles. The minimum absolute atomic E-state index is 0.429. The molecule has 0 aliphatic carbocycles. The highest BCUT2D eigenvalue weighted by Crippen LogP contribution is 2.28. The Kier molecular flexibility index (Phi) is 6.51. The molecule has 0 saturated heterocycles. The summed E-state index contributed by atoms with van der Waals surface area (Å²) in [5.74, 6) is 0.941. The number of thioether (sulfide) groups is 1. The van der Waals surface area contributed by atoms with Crippen LogP contribution in [0.15, 0.2) is 23.1 Å². The van der Waals surface area contributed by atoms with E-state index in [2.05, 4.69) is 9.55 Å². The molecule has 0 bridgehead atoms. The van der Waals surface area contributed by atoms with Crippen molar-refractivity contribution in [2.75, 3.05) is 25.2 Å². The maximum Gasteiger partial charge on any atom is 0.151 e. The summed E-state index contributed by atoms with van der Waals surface area (Å²) < 4.78 is 34.2. The quantitative estimate of drug-likeness (QED) is 0.447. The van der Waals surface area contributed by atoms with Crippen molar-refractivity contribution in [3.63, 3.8) is 0 Å². The monoisotopic (exact) mass is 406 g/mol. The lowest BCUT2D eigenvalue weighted by Gasteiger charge is -2.12. The zero-order chi connectivity index (χ0) is 20.3. The largest absolute Gasteiger partial charge is 0.384 e. The van der Waals surface area contributed by atoms with Gasteiger partial charge in [0.1, 0.15) is 23.0 Å². The Morgan fingerprint density at radius 3 is 2.71 bits per heavy atom. The van der Waals surface area contributed by atoms with Gasteiger partial charge in [0, 0.05) is 36.7 Å². The zero-order valence-electron chi connectivity index (χ0n) is 16.3. The Morgan fingerprint density at radius 1 is 1.21 bits per heavy atom. The van der Waals surface area contributed by atoms with Gasteiger partial charge >= 0.3 is 0 Å². The molecule has 0 saturated carbocycles. The number of nitrogens with two attached hydrogens (primary N) is 1. The molecule has 2 N–H and O–H groups in total. The number of methoxy groups -OCH3 is 1. The molecule has 0 aliphatic heterocycles. The Hall–Kier alpha value is -2.19. The molecule has 0 amide bonds. The van der Waals surface area contributed by atoms with E-state index in [4.69, 9.17) is 15.5 Å². The first-order valence-corrected chi connectivity index (χ1v) is 10.1. The third kappa shape index (κ3) is 4.28. The Bertz CT molecular complexity index is 990. The first-order valence-electron chi connectivity index (χ1n) is 9.11. The van der Waals surface area contributed by atoms with Gasteiger partial charge in [-0.15, -0.1) is 11.8 Å². The van der Waals surface area contributed by atoms with E-state index in [1.54, 1.807) is 7.11 Å². The minimum Gasteiger partial charge on any atom is -0.384 e. The maximum atomic E-state index is 13.8. The standard InChI is InChI=1S/C20H24F2N4OS/c1-12-13(2)24-20(23)18-19(12)26(17(25-18)7-9-27-3)8-4-10-28-16-6-5-14(21)11-15(16)22/h5-6,11H,4,7-10H2,1-3H3,(H2,23,24). The van der Waals surface area contributed by atoms with Crippen LogP contribution in [0.2, 0.25) is 0 Å². The summed E-state index contributed by atoms with van der Waals surface area (Å²) >= 11 is 1.38. The number of anilines is 1. The van der Waals surface area contributed by atoms with E-state index in [1.807, 2.05) is 13.8 Å². The number of aromatic nitrogens is 3. The van der Waals surface area contributed by atoms with Gasteiger partial charge in [-0.3, -0.25) is 0 Å². The van der Waals surface area contributed by atoms with Crippen LogP contribution >= 0.6 is 11.8 Å². The first-order chi connectivity index (χ1) is 13.4. The van der Waals surface area contributed by atoms with E-state index in [0.717, 1.165) is 41.6 Å². The molecule has 0 radical (unpaired) electrons. The average molecular weight is 407 g/mol. The van der Waals surface area contributed by atoms with Crippen molar-refractivity contribution in [2.24, 2.45) is 0 Å². The molecule has 3 rings (SSSR count). The number of fused-ring (bicyclic) bond motifs is 1. The third-order valence-corrected chi connectivity index (χ3v) is 5.82. The van der Waals surface area contributed by atoms with E-state index < -0.39 is 11.6 Å². The molecule has 0 spiro atoms. The summed E-state index contributed by atoms with van der Waals surface area (Å²) in [6, 6.07) is 3.67. The Balaban J connectivity index is 1.80. The number of nitrogen functional groups attached to an aromatic ring is 1. The maximum absolute atomic E-state index is 13.8. The third-order valence-electron chi connectivity index (χ3n) is 4.68. The van der Waals surface area contributed by atoms with E-state index in [1.165, 1.54) is 23.9 Å². The second-order valence-electron chi connectivity index (χ2n) is 6.60. The van der Waals surface area contributed by atoms with Crippen molar-refractivity contribution in [1.82, 2.24) is 14.5 Å². The van der Waals surface area contributed by atoms with Crippen LogP contribution in [-0.4, -0.2) is 34.0 Å². The van der Waals surface area contributed by atoms with E-state index in [-0.39, 0.29) is 0 Å². The van der Waals surface area contributed by atoms with Crippen molar-refractivity contribution in [3.05, 3.63) is 46.9 Å². The molecule has 8 heteroatoms. The molecule has 0 unspecified atom stereocenters. The van der Waals surface area contributed by atoms with Crippen LogP contribution in [0.25, 0.3) is 11.0 Å². The lowest BCUT2D eigenvalue weighted by Crippen LogP contribution is -2.08. The summed E-state index contributed by atoms with van der Waals surface area (Å²) in [5, 5.41) is 0. The van der Waals surface area contributed by atoms with Crippen molar-refractivity contribution < 1.29 is 13.5 Å². The second-order valence-corrected chi connectivity index (χ2v) is 7.74. The van der Waals surface area contributed by atoms with Gasteiger partial charge in [0.05, 0.1) is 12.1 Å². The summed E-state index contributed by atoms with van der Waals surface area (Å²) in [5.41, 5.74) is 9.75. The van der Waals surface area contributed by atoms with Crippen molar-refractivity contribution in [1.29, 1.82) is 0 Å². The van der Waals surface area contributed by atoms with Gasteiger partial charge in [-0.05, 0) is 43.7 Å².